The maximum absolute atomic E-state index is 13.2. The lowest BCUT2D eigenvalue weighted by atomic mass is 10.0. The normalized spacial score (nSPS) is 11.2. The van der Waals surface area contributed by atoms with E-state index in [0.29, 0.717) is 37.6 Å². The van der Waals surface area contributed by atoms with Gasteiger partial charge in [-0.15, -0.1) is 22.7 Å². The van der Waals surface area contributed by atoms with Crippen LogP contribution >= 0.6 is 34.3 Å². The third-order valence-electron chi connectivity index (χ3n) is 5.13. The quantitative estimate of drug-likeness (QED) is 0.262. The van der Waals surface area contributed by atoms with Gasteiger partial charge < -0.3 is 15.8 Å². The van der Waals surface area contributed by atoms with Crippen LogP contribution in [0, 0.1) is 5.92 Å². The van der Waals surface area contributed by atoms with Crippen molar-refractivity contribution >= 4 is 67.1 Å². The van der Waals surface area contributed by atoms with E-state index in [0.717, 1.165) is 27.9 Å². The summed E-state index contributed by atoms with van der Waals surface area (Å²) in [6.45, 7) is 6.22. The Bertz CT molecular complexity index is 1360. The number of halogens is 1. The van der Waals surface area contributed by atoms with Crippen molar-refractivity contribution in [3.8, 4) is 11.1 Å². The molecule has 0 bridgehead atoms. The number of hydrogen-bond acceptors (Lipinski definition) is 7. The highest BCUT2D eigenvalue weighted by Crippen LogP contribution is 2.38. The molecule has 0 aliphatic heterocycles. The number of nitrogens with zero attached hydrogens (tertiary/aromatic N) is 1. The molecular formula is C25H24ClN3O3S2. The summed E-state index contributed by atoms with van der Waals surface area (Å²) in [5.74, 6) is -0.422. The topological polar surface area (TPSA) is 94.3 Å². The number of carbonyl (C=O) groups is 2. The van der Waals surface area contributed by atoms with Crippen LogP contribution in [0.25, 0.3) is 21.3 Å². The Labute approximate surface area is 210 Å². The smallest absolute Gasteiger partial charge is 0.341 e. The number of nitrogens with two attached hydrogens (primary N) is 1. The maximum atomic E-state index is 13.2. The summed E-state index contributed by atoms with van der Waals surface area (Å²) in [5.41, 5.74) is 9.43. The molecule has 9 heteroatoms. The van der Waals surface area contributed by atoms with Gasteiger partial charge in [-0.25, -0.2) is 9.78 Å². The zero-order valence-corrected chi connectivity index (χ0v) is 21.4. The third kappa shape index (κ3) is 4.94. The molecule has 0 aliphatic carbocycles. The highest BCUT2D eigenvalue weighted by atomic mass is 35.5. The first-order valence-corrected chi connectivity index (χ1v) is 12.9. The molecule has 0 saturated carbocycles. The van der Waals surface area contributed by atoms with Crippen LogP contribution in [0.2, 0.25) is 5.02 Å². The van der Waals surface area contributed by atoms with Gasteiger partial charge in [-0.2, -0.15) is 0 Å². The van der Waals surface area contributed by atoms with Gasteiger partial charge in [-0.1, -0.05) is 37.6 Å². The second-order valence-corrected chi connectivity index (χ2v) is 10.4. The predicted molar refractivity (Wildman–Crippen MR) is 141 cm³/mol. The van der Waals surface area contributed by atoms with Crippen molar-refractivity contribution in [2.75, 3.05) is 17.7 Å². The summed E-state index contributed by atoms with van der Waals surface area (Å²) in [7, 11) is 0. The van der Waals surface area contributed by atoms with E-state index >= 15 is 0 Å². The van der Waals surface area contributed by atoms with Crippen molar-refractivity contribution < 1.29 is 14.3 Å². The van der Waals surface area contributed by atoms with E-state index in [2.05, 4.69) is 24.1 Å². The lowest BCUT2D eigenvalue weighted by Crippen LogP contribution is -2.14. The number of nitrogen functional groups attached to an aromatic ring is 1. The van der Waals surface area contributed by atoms with E-state index in [1.54, 1.807) is 19.1 Å². The molecular weight excluding hydrogens is 490 g/mol. The zero-order chi connectivity index (χ0) is 24.4. The summed E-state index contributed by atoms with van der Waals surface area (Å²) in [5, 5.41) is 6.44. The van der Waals surface area contributed by atoms with Crippen molar-refractivity contribution in [3.05, 3.63) is 62.9 Å². The molecule has 3 aromatic heterocycles. The Morgan fingerprint density at radius 3 is 2.59 bits per heavy atom. The van der Waals surface area contributed by atoms with Gasteiger partial charge in [0.25, 0.3) is 5.91 Å². The molecule has 34 heavy (non-hydrogen) atoms. The highest BCUT2D eigenvalue weighted by molar-refractivity contribution is 7.21. The first-order valence-electron chi connectivity index (χ1n) is 10.8. The number of ether oxygens (including phenoxy) is 1. The maximum Gasteiger partial charge on any atom is 0.341 e. The number of carbonyl (C=O) groups excluding carboxylic acids is 2. The average Bonchev–Trinajstić information content (AvgIpc) is 3.35. The van der Waals surface area contributed by atoms with Gasteiger partial charge in [0.15, 0.2) is 0 Å². The van der Waals surface area contributed by atoms with E-state index in [-0.39, 0.29) is 12.5 Å². The number of hydrogen-bond donors (Lipinski definition) is 2. The number of esters is 1. The Morgan fingerprint density at radius 1 is 1.18 bits per heavy atom. The molecule has 6 nitrogen and oxygen atoms in total. The molecule has 3 N–H and O–H groups in total. The molecule has 0 atom stereocenters. The van der Waals surface area contributed by atoms with E-state index in [9.17, 15) is 9.59 Å². The number of benzene rings is 1. The highest BCUT2D eigenvalue weighted by Gasteiger charge is 2.25. The van der Waals surface area contributed by atoms with Gasteiger partial charge in [0.2, 0.25) is 0 Å². The lowest BCUT2D eigenvalue weighted by molar-refractivity contribution is 0.0529. The summed E-state index contributed by atoms with van der Waals surface area (Å²) >= 11 is 8.52. The van der Waals surface area contributed by atoms with Crippen molar-refractivity contribution in [2.45, 2.75) is 27.2 Å². The van der Waals surface area contributed by atoms with Crippen LogP contribution in [0.1, 0.15) is 46.5 Å². The van der Waals surface area contributed by atoms with E-state index < -0.39 is 5.97 Å². The van der Waals surface area contributed by atoms with Crippen LogP contribution in [-0.4, -0.2) is 23.5 Å². The number of thiophene rings is 2. The molecule has 176 valence electrons. The van der Waals surface area contributed by atoms with Crippen molar-refractivity contribution in [1.82, 2.24) is 4.98 Å². The number of pyridine rings is 1. The third-order valence-corrected chi connectivity index (χ3v) is 7.39. The molecule has 0 radical (unpaired) electrons. The molecule has 0 aliphatic rings. The van der Waals surface area contributed by atoms with Crippen LogP contribution < -0.4 is 11.1 Å². The standard InChI is InChI=1S/C25H24ClN3O3S2/c1-4-32-25(31)19-18(14-5-7-15(26)8-6-14)12-33-24(19)29-22(30)21-20(27)17-10-9-16(11-13(2)3)28-23(17)34-21/h5-10,12-13H,4,11,27H2,1-3H3,(H,29,30). The van der Waals surface area contributed by atoms with Gasteiger partial charge in [0.1, 0.15) is 20.3 Å². The van der Waals surface area contributed by atoms with Gasteiger partial charge in [-0.05, 0) is 49.1 Å². The monoisotopic (exact) mass is 513 g/mol. The summed E-state index contributed by atoms with van der Waals surface area (Å²) in [6.07, 6.45) is 0.848. The number of aromatic nitrogens is 1. The summed E-state index contributed by atoms with van der Waals surface area (Å²) in [4.78, 5) is 31.8. The molecule has 0 saturated heterocycles. The van der Waals surface area contributed by atoms with E-state index in [1.165, 1.54) is 22.7 Å². The van der Waals surface area contributed by atoms with Gasteiger partial charge in [0.05, 0.1) is 12.3 Å². The predicted octanol–water partition coefficient (Wildman–Crippen LogP) is 6.89. The molecule has 4 rings (SSSR count). The summed E-state index contributed by atoms with van der Waals surface area (Å²) < 4.78 is 5.27. The van der Waals surface area contributed by atoms with Crippen molar-refractivity contribution in [3.63, 3.8) is 0 Å². The van der Waals surface area contributed by atoms with Gasteiger partial charge in [0, 0.05) is 27.0 Å². The van der Waals surface area contributed by atoms with Crippen molar-refractivity contribution in [2.24, 2.45) is 5.92 Å². The first kappa shape index (κ1) is 24.2. The average molecular weight is 514 g/mol. The van der Waals surface area contributed by atoms with Crippen LogP contribution in [0.15, 0.2) is 41.8 Å². The Balaban J connectivity index is 1.69. The van der Waals surface area contributed by atoms with Crippen molar-refractivity contribution in [1.29, 1.82) is 0 Å². The number of nitrogens with one attached hydrogen (secondary N) is 1. The zero-order valence-electron chi connectivity index (χ0n) is 19.0. The van der Waals surface area contributed by atoms with E-state index in [1.807, 2.05) is 29.6 Å². The Morgan fingerprint density at radius 2 is 1.91 bits per heavy atom. The fourth-order valence-corrected chi connectivity index (χ4v) is 5.68. The number of fused-ring (bicyclic) bond motifs is 1. The molecule has 1 amide bonds. The second kappa shape index (κ2) is 10.1. The molecule has 0 fully saturated rings. The number of amides is 1. The minimum absolute atomic E-state index is 0.218. The summed E-state index contributed by atoms with van der Waals surface area (Å²) in [6, 6.07) is 11.0. The Kier molecular flexibility index (Phi) is 7.21. The molecule has 0 unspecified atom stereocenters. The van der Waals surface area contributed by atoms with Crippen LogP contribution in [0.5, 0.6) is 0 Å². The largest absolute Gasteiger partial charge is 0.462 e. The Hall–Kier alpha value is -2.94. The minimum Gasteiger partial charge on any atom is -0.462 e. The first-order chi connectivity index (χ1) is 16.3. The number of anilines is 2. The molecule has 3 heterocycles. The van der Waals surface area contributed by atoms with Gasteiger partial charge >= 0.3 is 5.97 Å². The fourth-order valence-electron chi connectivity index (χ4n) is 3.59. The van der Waals surface area contributed by atoms with Crippen LogP contribution in [-0.2, 0) is 11.2 Å². The molecule has 4 aromatic rings. The van der Waals surface area contributed by atoms with E-state index in [4.69, 9.17) is 22.1 Å². The van der Waals surface area contributed by atoms with Crippen LogP contribution in [0.4, 0.5) is 10.7 Å². The second-order valence-electron chi connectivity index (χ2n) is 8.13. The fraction of sp³-hybridized carbons (Fsp3) is 0.240. The van der Waals surface area contributed by atoms with Crippen LogP contribution in [0.3, 0.4) is 0 Å². The lowest BCUT2D eigenvalue weighted by Gasteiger charge is -2.09. The molecule has 0 spiro atoms. The SMILES string of the molecule is CCOC(=O)c1c(-c2ccc(Cl)cc2)csc1NC(=O)c1sc2nc(CC(C)C)ccc2c1N. The minimum atomic E-state index is -0.506. The number of rotatable bonds is 7. The molecule has 1 aromatic carbocycles. The van der Waals surface area contributed by atoms with Gasteiger partial charge in [-0.3, -0.25) is 4.79 Å².